The summed E-state index contributed by atoms with van der Waals surface area (Å²) >= 11 is 1.29. The molecule has 0 spiro atoms. The summed E-state index contributed by atoms with van der Waals surface area (Å²) < 4.78 is 0. The van der Waals surface area contributed by atoms with Crippen LogP contribution in [0.3, 0.4) is 0 Å². The molecular formula is C15H21N6OPS. The van der Waals surface area contributed by atoms with Gasteiger partial charge in [0, 0.05) is 25.7 Å². The molecule has 0 aromatic carbocycles. The monoisotopic (exact) mass is 364 g/mol. The molecule has 2 aromatic heterocycles. The predicted molar refractivity (Wildman–Crippen MR) is 100 cm³/mol. The number of anilines is 2. The average Bonchev–Trinajstić information content (AvgIpc) is 3.29. The van der Waals surface area contributed by atoms with Crippen molar-refractivity contribution in [2.24, 2.45) is 5.73 Å². The Morgan fingerprint density at radius 2 is 2.29 bits per heavy atom. The van der Waals surface area contributed by atoms with E-state index in [4.69, 9.17) is 11.0 Å². The van der Waals surface area contributed by atoms with Crippen LogP contribution in [0.4, 0.5) is 10.9 Å². The number of carbonyl (C=O) groups excluding carboxylic acids is 1. The Hall–Kier alpha value is -2.07. The van der Waals surface area contributed by atoms with Crippen molar-refractivity contribution in [2.45, 2.75) is 19.4 Å². The van der Waals surface area contributed by atoms with Crippen LogP contribution in [0, 0.1) is 11.3 Å². The van der Waals surface area contributed by atoms with Crippen molar-refractivity contribution in [3.63, 3.8) is 0 Å². The first-order valence-electron chi connectivity index (χ1n) is 7.33. The zero-order valence-electron chi connectivity index (χ0n) is 13.5. The molecule has 0 radical (unpaired) electrons. The van der Waals surface area contributed by atoms with Gasteiger partial charge in [-0.1, -0.05) is 18.0 Å². The van der Waals surface area contributed by atoms with Crippen molar-refractivity contribution in [2.75, 3.05) is 18.5 Å². The minimum Gasteiger partial charge on any atom is -0.356 e. The Balaban J connectivity index is 0.000000300. The van der Waals surface area contributed by atoms with E-state index in [9.17, 15) is 4.79 Å². The number of nitriles is 1. The summed E-state index contributed by atoms with van der Waals surface area (Å²) in [6.07, 6.45) is 4.97. The quantitative estimate of drug-likeness (QED) is 0.717. The number of rotatable bonds is 3. The summed E-state index contributed by atoms with van der Waals surface area (Å²) in [6, 6.07) is 5.74. The highest BCUT2D eigenvalue weighted by Crippen LogP contribution is 2.20. The lowest BCUT2D eigenvalue weighted by molar-refractivity contribution is -0.119. The van der Waals surface area contributed by atoms with Gasteiger partial charge in [0.05, 0.1) is 6.20 Å². The van der Waals surface area contributed by atoms with E-state index >= 15 is 0 Å². The average molecular weight is 364 g/mol. The van der Waals surface area contributed by atoms with E-state index in [1.165, 1.54) is 17.5 Å². The maximum atomic E-state index is 10.1. The molecule has 2 aromatic rings. The summed E-state index contributed by atoms with van der Waals surface area (Å²) in [6.45, 7) is 3.28. The van der Waals surface area contributed by atoms with Gasteiger partial charge in [-0.05, 0) is 24.1 Å². The summed E-state index contributed by atoms with van der Waals surface area (Å²) in [7, 11) is 2.42. The van der Waals surface area contributed by atoms with Crippen molar-refractivity contribution in [3.05, 3.63) is 35.0 Å². The topological polar surface area (TPSA) is 117 Å². The van der Waals surface area contributed by atoms with Gasteiger partial charge in [0.1, 0.15) is 16.8 Å². The van der Waals surface area contributed by atoms with Crippen molar-refractivity contribution < 1.29 is 4.79 Å². The van der Waals surface area contributed by atoms with Crippen molar-refractivity contribution in [1.82, 2.24) is 15.3 Å². The fourth-order valence-electron chi connectivity index (χ4n) is 1.73. The van der Waals surface area contributed by atoms with E-state index < -0.39 is 0 Å². The molecule has 3 heterocycles. The van der Waals surface area contributed by atoms with Gasteiger partial charge in [-0.25, -0.2) is 9.97 Å². The Kier molecular flexibility index (Phi) is 9.54. The Morgan fingerprint density at radius 3 is 2.79 bits per heavy atom. The molecule has 0 saturated carbocycles. The van der Waals surface area contributed by atoms with Gasteiger partial charge >= 0.3 is 0 Å². The van der Waals surface area contributed by atoms with E-state index in [0.717, 1.165) is 24.9 Å². The van der Waals surface area contributed by atoms with Gasteiger partial charge in [-0.2, -0.15) is 5.26 Å². The number of carbonyl (C=O) groups is 1. The fraction of sp³-hybridized carbons (Fsp3) is 0.333. The molecule has 1 aliphatic rings. The molecule has 9 heteroatoms. The molecular weight excluding hydrogens is 343 g/mol. The maximum Gasteiger partial charge on any atom is 0.220 e. The maximum absolute atomic E-state index is 10.1. The second-order valence-electron chi connectivity index (χ2n) is 4.47. The van der Waals surface area contributed by atoms with Crippen molar-refractivity contribution in [1.29, 1.82) is 5.26 Å². The molecule has 128 valence electrons. The molecule has 24 heavy (non-hydrogen) atoms. The SMILES string of the molecule is CP.N#Cc1cnc(Nc2cc(CN)ccn2)s1.O=C1CCCN1. The van der Waals surface area contributed by atoms with Crippen LogP contribution in [0.1, 0.15) is 23.3 Å². The first-order chi connectivity index (χ1) is 11.7. The fourth-order valence-corrected chi connectivity index (χ4v) is 2.35. The van der Waals surface area contributed by atoms with Crippen molar-refractivity contribution >= 4 is 37.4 Å². The third-order valence-electron chi connectivity index (χ3n) is 2.81. The standard InChI is InChI=1S/C10H9N5S.C4H7NO.CH5P/c11-4-7-1-2-13-9(3-7)15-10-14-6-8(5-12)16-10;6-4-2-1-3-5-4;1-2/h1-3,6H,4,11H2,(H,13,14,15);1-3H2,(H,5,6);2H2,1H3. The molecule has 1 amide bonds. The predicted octanol–water partition coefficient (Wildman–Crippen LogP) is 2.00. The number of nitrogens with zero attached hydrogens (tertiary/aromatic N) is 3. The number of nitrogens with one attached hydrogen (secondary N) is 2. The second kappa shape index (κ2) is 11.5. The van der Waals surface area contributed by atoms with Crippen LogP contribution < -0.4 is 16.4 Å². The van der Waals surface area contributed by atoms with Gasteiger partial charge in [0.15, 0.2) is 5.13 Å². The second-order valence-corrected chi connectivity index (χ2v) is 5.50. The minimum atomic E-state index is 0.204. The number of nitrogens with two attached hydrogens (primary N) is 1. The highest BCUT2D eigenvalue weighted by Gasteiger charge is 2.05. The molecule has 7 nitrogen and oxygen atoms in total. The van der Waals surface area contributed by atoms with E-state index in [0.29, 0.717) is 22.4 Å². The highest BCUT2D eigenvalue weighted by molar-refractivity contribution is 7.16. The third kappa shape index (κ3) is 7.01. The first-order valence-corrected chi connectivity index (χ1v) is 9.31. The van der Waals surface area contributed by atoms with Gasteiger partial charge in [0.2, 0.25) is 5.91 Å². The Labute approximate surface area is 147 Å². The Bertz CT molecular complexity index is 677. The van der Waals surface area contributed by atoms with Crippen LogP contribution in [0.5, 0.6) is 0 Å². The molecule has 0 bridgehead atoms. The summed E-state index contributed by atoms with van der Waals surface area (Å²) in [4.78, 5) is 18.9. The van der Waals surface area contributed by atoms with Gasteiger partial charge in [-0.15, -0.1) is 9.24 Å². The summed E-state index contributed by atoms with van der Waals surface area (Å²) in [5.74, 6) is 0.886. The number of aromatic nitrogens is 2. The van der Waals surface area contributed by atoms with E-state index in [2.05, 4.69) is 29.8 Å². The van der Waals surface area contributed by atoms with E-state index in [-0.39, 0.29) is 5.91 Å². The van der Waals surface area contributed by atoms with Gasteiger partial charge < -0.3 is 16.4 Å². The molecule has 1 fully saturated rings. The molecule has 1 unspecified atom stereocenters. The third-order valence-corrected chi connectivity index (χ3v) is 3.63. The summed E-state index contributed by atoms with van der Waals surface area (Å²) in [5.41, 5.74) is 6.52. The first kappa shape index (κ1) is 20.0. The van der Waals surface area contributed by atoms with Crippen LogP contribution in [-0.4, -0.2) is 29.1 Å². The molecule has 1 saturated heterocycles. The minimum absolute atomic E-state index is 0.204. The van der Waals surface area contributed by atoms with Crippen LogP contribution in [0.25, 0.3) is 0 Å². The smallest absolute Gasteiger partial charge is 0.220 e. The van der Waals surface area contributed by atoms with Crippen LogP contribution >= 0.6 is 20.6 Å². The van der Waals surface area contributed by atoms with Gasteiger partial charge in [-0.3, -0.25) is 4.79 Å². The zero-order chi connectivity index (χ0) is 17.8. The van der Waals surface area contributed by atoms with Crippen LogP contribution in [0.15, 0.2) is 24.5 Å². The molecule has 0 aliphatic carbocycles. The molecule has 3 rings (SSSR count). The molecule has 1 aliphatic heterocycles. The highest BCUT2D eigenvalue weighted by atomic mass is 32.1. The van der Waals surface area contributed by atoms with E-state index in [1.807, 2.05) is 24.9 Å². The van der Waals surface area contributed by atoms with Crippen LogP contribution in [0.2, 0.25) is 0 Å². The lowest BCUT2D eigenvalue weighted by Crippen LogP contribution is -2.12. The number of hydrogen-bond acceptors (Lipinski definition) is 7. The van der Waals surface area contributed by atoms with Crippen molar-refractivity contribution in [3.8, 4) is 6.07 Å². The molecule has 4 N–H and O–H groups in total. The number of amides is 1. The lowest BCUT2D eigenvalue weighted by atomic mass is 10.2. The largest absolute Gasteiger partial charge is 0.356 e. The van der Waals surface area contributed by atoms with Gasteiger partial charge in [0.25, 0.3) is 0 Å². The lowest BCUT2D eigenvalue weighted by Gasteiger charge is -2.02. The number of hydrogen-bond donors (Lipinski definition) is 3. The van der Waals surface area contributed by atoms with E-state index in [1.54, 1.807) is 6.20 Å². The Morgan fingerprint density at radius 1 is 1.50 bits per heavy atom. The molecule has 1 atom stereocenters. The number of pyridine rings is 1. The summed E-state index contributed by atoms with van der Waals surface area (Å²) in [5, 5.41) is 15.0. The van der Waals surface area contributed by atoms with Crippen LogP contribution in [-0.2, 0) is 11.3 Å². The zero-order valence-corrected chi connectivity index (χ0v) is 15.4. The number of thiazole rings is 1. The normalized spacial score (nSPS) is 12.0.